The Hall–Kier alpha value is -0.726. The molecule has 0 radical (unpaired) electrons. The van der Waals surface area contributed by atoms with Crippen LogP contribution in [0.5, 0.6) is 0 Å². The fraction of sp³-hybridized carbons (Fsp3) is 0.556. The Bertz CT molecular complexity index is 515. The smallest absolute Gasteiger partial charge is 0.261 e. The van der Waals surface area contributed by atoms with Gasteiger partial charge in [0.15, 0.2) is 0 Å². The van der Waals surface area contributed by atoms with Gasteiger partial charge in [-0.1, -0.05) is 66.3 Å². The Morgan fingerprint density at radius 1 is 0.875 bits per heavy atom. The van der Waals surface area contributed by atoms with Crippen LogP contribution < -0.4 is 0 Å². The van der Waals surface area contributed by atoms with Crippen molar-refractivity contribution < 1.29 is 9.59 Å². The number of carbonyl (C=O) groups excluding carboxylic acids is 2. The van der Waals surface area contributed by atoms with Crippen LogP contribution in [0.25, 0.3) is 0 Å². The number of amides is 2. The molecule has 0 saturated heterocycles. The van der Waals surface area contributed by atoms with Gasteiger partial charge in [-0.2, -0.15) is 0 Å². The number of carbonyl (C=O) groups is 2. The van der Waals surface area contributed by atoms with Gasteiger partial charge < -0.3 is 0 Å². The number of fused-ring (bicyclic) bond motifs is 1. The highest BCUT2D eigenvalue weighted by atomic mass is 79.9. The third kappa shape index (κ3) is 6.65. The quantitative estimate of drug-likeness (QED) is 0.366. The van der Waals surface area contributed by atoms with Crippen molar-refractivity contribution in [3.63, 3.8) is 0 Å². The minimum absolute atomic E-state index is 0.129. The van der Waals surface area contributed by atoms with Gasteiger partial charge in [0.25, 0.3) is 11.8 Å². The highest BCUT2D eigenvalue weighted by Crippen LogP contribution is 2.22. The predicted octanol–water partition coefficient (Wildman–Crippen LogP) is 4.42. The molecular weight excluding hydrogens is 398 g/mol. The first-order valence-electron chi connectivity index (χ1n) is 8.89. The van der Waals surface area contributed by atoms with E-state index in [4.69, 9.17) is 0 Å². The fourth-order valence-electron chi connectivity index (χ4n) is 2.59. The molecule has 0 aromatic heterocycles. The molecule has 2 amide bonds. The first-order chi connectivity index (χ1) is 11.4. The van der Waals surface area contributed by atoms with Gasteiger partial charge >= 0.3 is 0 Å². The third-order valence-corrected chi connectivity index (χ3v) is 7.64. The van der Waals surface area contributed by atoms with Gasteiger partial charge in [-0.15, -0.1) is 0 Å². The van der Waals surface area contributed by atoms with E-state index in [-0.39, 0.29) is 20.6 Å². The van der Waals surface area contributed by atoms with Crippen LogP contribution in [0.1, 0.15) is 33.6 Å². The SMILES string of the molecule is C[SiH](C)CCCBr.C[SiH](C)CCCN1C(=O)c2ccccc2C1=O. The van der Waals surface area contributed by atoms with E-state index < -0.39 is 8.80 Å². The summed E-state index contributed by atoms with van der Waals surface area (Å²) >= 11 is 3.40. The van der Waals surface area contributed by atoms with Crippen molar-refractivity contribution in [3.05, 3.63) is 35.4 Å². The average molecular weight is 429 g/mol. The van der Waals surface area contributed by atoms with E-state index in [0.29, 0.717) is 17.7 Å². The molecule has 6 heteroatoms. The summed E-state index contributed by atoms with van der Waals surface area (Å²) in [5.74, 6) is -0.257. The lowest BCUT2D eigenvalue weighted by atomic mass is 10.1. The van der Waals surface area contributed by atoms with Crippen LogP contribution in [0.15, 0.2) is 24.3 Å². The second kappa shape index (κ2) is 11.0. The van der Waals surface area contributed by atoms with Crippen molar-refractivity contribution in [3.8, 4) is 0 Å². The molecule has 2 rings (SSSR count). The molecule has 1 aliphatic heterocycles. The zero-order valence-electron chi connectivity index (χ0n) is 15.3. The van der Waals surface area contributed by atoms with Crippen LogP contribution in [0.3, 0.4) is 0 Å². The average Bonchev–Trinajstić information content (AvgIpc) is 2.78. The molecule has 134 valence electrons. The van der Waals surface area contributed by atoms with Gasteiger partial charge in [0.05, 0.1) is 11.1 Å². The van der Waals surface area contributed by atoms with Gasteiger partial charge in [0.1, 0.15) is 0 Å². The molecule has 0 aliphatic carbocycles. The summed E-state index contributed by atoms with van der Waals surface area (Å²) < 4.78 is 0. The van der Waals surface area contributed by atoms with Crippen LogP contribution in [0, 0.1) is 0 Å². The fourth-order valence-corrected chi connectivity index (χ4v) is 5.53. The summed E-state index contributed by atoms with van der Waals surface area (Å²) in [6.07, 6.45) is 2.32. The number of hydrogen-bond donors (Lipinski definition) is 0. The molecule has 0 fully saturated rings. The highest BCUT2D eigenvalue weighted by molar-refractivity contribution is 9.09. The summed E-state index contributed by atoms with van der Waals surface area (Å²) in [5, 5.41) is 1.19. The second-order valence-corrected chi connectivity index (χ2v) is 14.6. The van der Waals surface area contributed by atoms with Gasteiger partial charge in [0.2, 0.25) is 0 Å². The van der Waals surface area contributed by atoms with Crippen molar-refractivity contribution in [2.75, 3.05) is 11.9 Å². The van der Waals surface area contributed by atoms with Crippen LogP contribution in [0.4, 0.5) is 0 Å². The van der Waals surface area contributed by atoms with E-state index in [1.807, 2.05) is 0 Å². The number of halogens is 1. The maximum atomic E-state index is 12.0. The summed E-state index contributed by atoms with van der Waals surface area (Å²) in [5.41, 5.74) is 1.11. The highest BCUT2D eigenvalue weighted by Gasteiger charge is 2.34. The first kappa shape index (κ1) is 21.3. The monoisotopic (exact) mass is 427 g/mol. The van der Waals surface area contributed by atoms with Crippen LogP contribution in [-0.2, 0) is 0 Å². The molecule has 0 saturated carbocycles. The van der Waals surface area contributed by atoms with Crippen molar-refractivity contribution in [2.24, 2.45) is 0 Å². The lowest BCUT2D eigenvalue weighted by molar-refractivity contribution is 0.0654. The standard InChI is InChI=1S/C13H17NO2Si.C5H13BrSi/c1-17(2)9-5-8-14-12(15)10-6-3-4-7-11(10)13(14)16;1-7(2)5-3-4-6/h3-4,6-7,17H,5,8-9H2,1-2H3;7H,3-5H2,1-2H3. The van der Waals surface area contributed by atoms with E-state index in [9.17, 15) is 9.59 Å². The summed E-state index contributed by atoms with van der Waals surface area (Å²) in [6, 6.07) is 9.72. The molecule has 0 bridgehead atoms. The van der Waals surface area contributed by atoms with E-state index in [0.717, 1.165) is 6.42 Å². The zero-order chi connectivity index (χ0) is 18.1. The Labute approximate surface area is 158 Å². The number of nitrogens with zero attached hydrogens (tertiary/aromatic N) is 1. The summed E-state index contributed by atoms with van der Waals surface area (Å²) in [4.78, 5) is 25.4. The molecular formula is C18H30BrNO2Si2. The van der Waals surface area contributed by atoms with E-state index in [1.54, 1.807) is 24.3 Å². The van der Waals surface area contributed by atoms with Gasteiger partial charge in [0, 0.05) is 29.5 Å². The maximum Gasteiger partial charge on any atom is 0.261 e. The Morgan fingerprint density at radius 3 is 1.71 bits per heavy atom. The number of imide groups is 1. The molecule has 1 aliphatic rings. The molecule has 0 unspecified atom stereocenters. The lowest BCUT2D eigenvalue weighted by Crippen LogP contribution is -2.31. The predicted molar refractivity (Wildman–Crippen MR) is 112 cm³/mol. The first-order valence-corrected chi connectivity index (χ1v) is 16.3. The zero-order valence-corrected chi connectivity index (χ0v) is 19.2. The van der Waals surface area contributed by atoms with Gasteiger partial charge in [-0.3, -0.25) is 14.5 Å². The number of hydrogen-bond acceptors (Lipinski definition) is 2. The van der Waals surface area contributed by atoms with Crippen molar-refractivity contribution in [1.82, 2.24) is 4.90 Å². The molecule has 0 N–H and O–H groups in total. The normalized spacial score (nSPS) is 13.4. The van der Waals surface area contributed by atoms with Crippen LogP contribution in [0.2, 0.25) is 38.3 Å². The molecule has 1 heterocycles. The van der Waals surface area contributed by atoms with Crippen molar-refractivity contribution in [2.45, 2.75) is 51.1 Å². The number of rotatable bonds is 7. The van der Waals surface area contributed by atoms with Crippen molar-refractivity contribution >= 4 is 45.3 Å². The topological polar surface area (TPSA) is 37.4 Å². The Morgan fingerprint density at radius 2 is 1.33 bits per heavy atom. The molecule has 0 atom stereocenters. The Kier molecular flexibility index (Phi) is 9.77. The van der Waals surface area contributed by atoms with Gasteiger partial charge in [-0.25, -0.2) is 0 Å². The van der Waals surface area contributed by atoms with E-state index in [1.165, 1.54) is 28.7 Å². The summed E-state index contributed by atoms with van der Waals surface area (Å²) in [7, 11) is -0.814. The largest absolute Gasteiger partial charge is 0.274 e. The van der Waals surface area contributed by atoms with Crippen LogP contribution in [-0.4, -0.2) is 46.2 Å². The molecule has 1 aromatic rings. The molecule has 0 spiro atoms. The van der Waals surface area contributed by atoms with E-state index in [2.05, 4.69) is 42.1 Å². The molecule has 24 heavy (non-hydrogen) atoms. The lowest BCUT2D eigenvalue weighted by Gasteiger charge is -2.13. The minimum Gasteiger partial charge on any atom is -0.274 e. The summed E-state index contributed by atoms with van der Waals surface area (Å²) in [6.45, 7) is 9.91. The minimum atomic E-state index is -0.596. The Balaban J connectivity index is 0.000000351. The molecule has 3 nitrogen and oxygen atoms in total. The van der Waals surface area contributed by atoms with Gasteiger partial charge in [-0.05, 0) is 25.0 Å². The maximum absolute atomic E-state index is 12.0. The van der Waals surface area contributed by atoms with Crippen molar-refractivity contribution in [1.29, 1.82) is 0 Å². The number of alkyl halides is 1. The van der Waals surface area contributed by atoms with E-state index >= 15 is 0 Å². The second-order valence-electron chi connectivity index (χ2n) is 7.07. The van der Waals surface area contributed by atoms with Crippen LogP contribution >= 0.6 is 15.9 Å². The molecule has 1 aromatic carbocycles. The third-order valence-electron chi connectivity index (χ3n) is 3.96. The number of benzene rings is 1.